The van der Waals surface area contributed by atoms with Gasteiger partial charge in [-0.15, -0.1) is 0 Å². The average molecular weight is 287 g/mol. The molecule has 1 atom stereocenters. The third kappa shape index (κ3) is 3.04. The molecular formula is C16H15ClN2O. The van der Waals surface area contributed by atoms with Crippen LogP contribution in [0.4, 0.5) is 5.69 Å². The standard InChI is InChI=1S/C16H15ClN2O/c1-11-6-8-12(9-7-11)19-14(10-18)16-13(17)4-3-5-15(16)20-2/h3-9,14,19H,1-2H3. The lowest BCUT2D eigenvalue weighted by Crippen LogP contribution is -2.10. The molecule has 2 rings (SSSR count). The second kappa shape index (κ2) is 6.31. The van der Waals surface area contributed by atoms with Crippen LogP contribution in [0.3, 0.4) is 0 Å². The molecule has 0 aliphatic heterocycles. The van der Waals surface area contributed by atoms with Gasteiger partial charge in [-0.2, -0.15) is 5.26 Å². The molecule has 0 radical (unpaired) electrons. The number of nitrogens with one attached hydrogen (secondary N) is 1. The number of benzene rings is 2. The maximum absolute atomic E-state index is 9.41. The molecule has 0 fully saturated rings. The lowest BCUT2D eigenvalue weighted by Gasteiger charge is -2.17. The Hall–Kier alpha value is -2.18. The molecule has 0 aromatic heterocycles. The molecule has 1 N–H and O–H groups in total. The Morgan fingerprint density at radius 2 is 1.90 bits per heavy atom. The predicted octanol–water partition coefficient (Wildman–Crippen LogP) is 4.33. The lowest BCUT2D eigenvalue weighted by atomic mass is 10.1. The Labute approximate surface area is 123 Å². The smallest absolute Gasteiger partial charge is 0.145 e. The molecule has 0 heterocycles. The molecule has 0 spiro atoms. The van der Waals surface area contributed by atoms with Crippen molar-refractivity contribution in [3.63, 3.8) is 0 Å². The average Bonchev–Trinajstić information content (AvgIpc) is 2.47. The minimum atomic E-state index is -0.568. The first-order chi connectivity index (χ1) is 9.65. The van der Waals surface area contributed by atoms with Crippen molar-refractivity contribution in [3.05, 3.63) is 58.6 Å². The van der Waals surface area contributed by atoms with Crippen LogP contribution in [0.1, 0.15) is 17.2 Å². The zero-order chi connectivity index (χ0) is 14.5. The van der Waals surface area contributed by atoms with E-state index in [2.05, 4.69) is 11.4 Å². The van der Waals surface area contributed by atoms with Crippen LogP contribution in [0, 0.1) is 18.3 Å². The first-order valence-corrected chi connectivity index (χ1v) is 6.58. The maximum atomic E-state index is 9.41. The largest absolute Gasteiger partial charge is 0.496 e. The van der Waals surface area contributed by atoms with Crippen LogP contribution in [-0.2, 0) is 0 Å². The minimum absolute atomic E-state index is 0.510. The molecule has 0 bridgehead atoms. The summed E-state index contributed by atoms with van der Waals surface area (Å²) < 4.78 is 5.29. The van der Waals surface area contributed by atoms with Gasteiger partial charge in [0.25, 0.3) is 0 Å². The van der Waals surface area contributed by atoms with Gasteiger partial charge in [-0.3, -0.25) is 0 Å². The number of anilines is 1. The molecule has 0 saturated carbocycles. The van der Waals surface area contributed by atoms with E-state index in [0.717, 1.165) is 5.69 Å². The number of hydrogen-bond donors (Lipinski definition) is 1. The Morgan fingerprint density at radius 3 is 2.50 bits per heavy atom. The number of hydrogen-bond acceptors (Lipinski definition) is 3. The van der Waals surface area contributed by atoms with Gasteiger partial charge in [0, 0.05) is 11.3 Å². The second-order valence-electron chi connectivity index (χ2n) is 4.43. The van der Waals surface area contributed by atoms with E-state index in [-0.39, 0.29) is 0 Å². The first-order valence-electron chi connectivity index (χ1n) is 6.21. The van der Waals surface area contributed by atoms with Crippen LogP contribution in [0.25, 0.3) is 0 Å². The normalized spacial score (nSPS) is 11.5. The number of aryl methyl sites for hydroxylation is 1. The molecule has 0 aliphatic rings. The Bertz CT molecular complexity index is 632. The van der Waals surface area contributed by atoms with Crippen molar-refractivity contribution in [1.29, 1.82) is 5.26 Å². The van der Waals surface area contributed by atoms with Crippen molar-refractivity contribution in [1.82, 2.24) is 0 Å². The number of halogens is 1. The molecule has 20 heavy (non-hydrogen) atoms. The summed E-state index contributed by atoms with van der Waals surface area (Å²) in [5.41, 5.74) is 2.68. The van der Waals surface area contributed by atoms with Crippen LogP contribution >= 0.6 is 11.6 Å². The Balaban J connectivity index is 2.34. The molecule has 3 nitrogen and oxygen atoms in total. The summed E-state index contributed by atoms with van der Waals surface area (Å²) in [4.78, 5) is 0. The van der Waals surface area contributed by atoms with Gasteiger partial charge in [-0.05, 0) is 31.2 Å². The van der Waals surface area contributed by atoms with E-state index >= 15 is 0 Å². The summed E-state index contributed by atoms with van der Waals surface area (Å²) in [6, 6.07) is 14.8. The highest BCUT2D eigenvalue weighted by Crippen LogP contribution is 2.33. The van der Waals surface area contributed by atoms with E-state index in [1.807, 2.05) is 31.2 Å². The van der Waals surface area contributed by atoms with Crippen molar-refractivity contribution in [3.8, 4) is 11.8 Å². The third-order valence-corrected chi connectivity index (χ3v) is 3.34. The van der Waals surface area contributed by atoms with Crippen LogP contribution < -0.4 is 10.1 Å². The predicted molar refractivity (Wildman–Crippen MR) is 81.2 cm³/mol. The van der Waals surface area contributed by atoms with Crippen molar-refractivity contribution >= 4 is 17.3 Å². The molecule has 102 valence electrons. The van der Waals surface area contributed by atoms with Gasteiger partial charge in [0.15, 0.2) is 0 Å². The van der Waals surface area contributed by atoms with E-state index in [9.17, 15) is 5.26 Å². The van der Waals surface area contributed by atoms with E-state index in [4.69, 9.17) is 16.3 Å². The Kier molecular flexibility index (Phi) is 4.49. The summed E-state index contributed by atoms with van der Waals surface area (Å²) in [6.07, 6.45) is 0. The molecule has 1 unspecified atom stereocenters. The first kappa shape index (κ1) is 14.2. The quantitative estimate of drug-likeness (QED) is 0.909. The summed E-state index contributed by atoms with van der Waals surface area (Å²) in [5.74, 6) is 0.601. The van der Waals surface area contributed by atoms with Crippen molar-refractivity contribution in [2.24, 2.45) is 0 Å². The van der Waals surface area contributed by atoms with E-state index in [1.165, 1.54) is 5.56 Å². The molecule has 2 aromatic carbocycles. The van der Waals surface area contributed by atoms with E-state index in [0.29, 0.717) is 16.3 Å². The van der Waals surface area contributed by atoms with Gasteiger partial charge < -0.3 is 10.1 Å². The number of nitriles is 1. The zero-order valence-corrected chi connectivity index (χ0v) is 12.1. The zero-order valence-electron chi connectivity index (χ0n) is 11.4. The number of rotatable bonds is 4. The SMILES string of the molecule is COc1cccc(Cl)c1C(C#N)Nc1ccc(C)cc1. The number of nitrogens with zero attached hydrogens (tertiary/aromatic N) is 1. The molecule has 0 aliphatic carbocycles. The fourth-order valence-corrected chi connectivity index (χ4v) is 2.24. The summed E-state index contributed by atoms with van der Waals surface area (Å²) in [5, 5.41) is 13.1. The van der Waals surface area contributed by atoms with Gasteiger partial charge in [-0.1, -0.05) is 35.4 Å². The lowest BCUT2D eigenvalue weighted by molar-refractivity contribution is 0.409. The van der Waals surface area contributed by atoms with Gasteiger partial charge >= 0.3 is 0 Å². The van der Waals surface area contributed by atoms with Gasteiger partial charge in [0.05, 0.1) is 18.2 Å². The highest BCUT2D eigenvalue weighted by molar-refractivity contribution is 6.31. The van der Waals surface area contributed by atoms with Crippen LogP contribution in [0.5, 0.6) is 5.75 Å². The third-order valence-electron chi connectivity index (χ3n) is 3.01. The van der Waals surface area contributed by atoms with Crippen LogP contribution in [-0.4, -0.2) is 7.11 Å². The fraction of sp³-hybridized carbons (Fsp3) is 0.188. The van der Waals surface area contributed by atoms with Crippen molar-refractivity contribution in [2.75, 3.05) is 12.4 Å². The maximum Gasteiger partial charge on any atom is 0.145 e. The van der Waals surface area contributed by atoms with Crippen molar-refractivity contribution in [2.45, 2.75) is 13.0 Å². The molecular weight excluding hydrogens is 272 g/mol. The van der Waals surface area contributed by atoms with Gasteiger partial charge in [0.2, 0.25) is 0 Å². The second-order valence-corrected chi connectivity index (χ2v) is 4.84. The van der Waals surface area contributed by atoms with Crippen molar-refractivity contribution < 1.29 is 4.74 Å². The summed E-state index contributed by atoms with van der Waals surface area (Å²) >= 11 is 6.20. The minimum Gasteiger partial charge on any atom is -0.496 e. The van der Waals surface area contributed by atoms with Gasteiger partial charge in [-0.25, -0.2) is 0 Å². The molecule has 0 saturated heterocycles. The number of ether oxygens (including phenoxy) is 1. The highest BCUT2D eigenvalue weighted by atomic mass is 35.5. The topological polar surface area (TPSA) is 45.0 Å². The summed E-state index contributed by atoms with van der Waals surface area (Å²) in [7, 11) is 1.56. The molecule has 0 amide bonds. The van der Waals surface area contributed by atoms with E-state index < -0.39 is 6.04 Å². The fourth-order valence-electron chi connectivity index (χ4n) is 1.96. The van der Waals surface area contributed by atoms with Crippen LogP contribution in [0.2, 0.25) is 5.02 Å². The van der Waals surface area contributed by atoms with E-state index in [1.54, 1.807) is 25.3 Å². The molecule has 4 heteroatoms. The van der Waals surface area contributed by atoms with Gasteiger partial charge in [0.1, 0.15) is 11.8 Å². The Morgan fingerprint density at radius 1 is 1.20 bits per heavy atom. The summed E-state index contributed by atoms with van der Waals surface area (Å²) in [6.45, 7) is 2.02. The number of methoxy groups -OCH3 is 1. The highest BCUT2D eigenvalue weighted by Gasteiger charge is 2.18. The molecule has 2 aromatic rings. The monoisotopic (exact) mass is 286 g/mol. The van der Waals surface area contributed by atoms with Crippen LogP contribution in [0.15, 0.2) is 42.5 Å².